The molecule has 1 saturated heterocycles. The molecule has 0 atom stereocenters. The molecule has 1 aliphatic rings. The van der Waals surface area contributed by atoms with Crippen LogP contribution in [0.3, 0.4) is 0 Å². The molecule has 6 rings (SSSR count). The minimum Gasteiger partial charge on any atom is -0.457 e. The van der Waals surface area contributed by atoms with Crippen LogP contribution >= 0.6 is 10.0 Å². The van der Waals surface area contributed by atoms with Crippen LogP contribution in [0.1, 0.15) is 32.0 Å². The van der Waals surface area contributed by atoms with Gasteiger partial charge in [0.05, 0.1) is 48.5 Å². The average Bonchev–Trinajstić information content (AvgIpc) is 3.62. The summed E-state index contributed by atoms with van der Waals surface area (Å²) in [4.78, 5) is 29.2. The predicted molar refractivity (Wildman–Crippen MR) is 188 cm³/mol. The second-order valence-electron chi connectivity index (χ2n) is 12.5. The Morgan fingerprint density at radius 1 is 0.957 bits per heavy atom. The lowest BCUT2D eigenvalue weighted by molar-refractivity contribution is 0.0303. The van der Waals surface area contributed by atoms with Crippen molar-refractivity contribution in [2.45, 2.75) is 13.7 Å². The highest BCUT2D eigenvalue weighted by Crippen LogP contribution is 2.34. The number of benzene rings is 3. The number of ether oxygens (including phenoxy) is 3. The van der Waals surface area contributed by atoms with Gasteiger partial charge in [-0.3, -0.25) is 9.59 Å². The molecule has 1 aliphatic heterocycles. The number of amides is 1. The summed E-state index contributed by atoms with van der Waals surface area (Å²) in [5.74, 6) is 2.26. The Labute approximate surface area is 276 Å². The number of aromatic nitrogens is 3. The zero-order valence-corrected chi connectivity index (χ0v) is 28.1. The molecule has 10 nitrogen and oxygen atoms in total. The number of nitrogens with zero attached hydrogens (tertiary/aromatic N) is 4. The van der Waals surface area contributed by atoms with Gasteiger partial charge in [-0.2, -0.15) is 5.10 Å². The van der Waals surface area contributed by atoms with Crippen molar-refractivity contribution in [3.63, 3.8) is 0 Å². The Hall–Kier alpha value is -4.58. The summed E-state index contributed by atoms with van der Waals surface area (Å²) >= 11 is 0. The van der Waals surface area contributed by atoms with Gasteiger partial charge in [-0.25, -0.2) is 14.7 Å². The first-order valence-corrected chi connectivity index (χ1v) is 18.6. The van der Waals surface area contributed by atoms with Crippen molar-refractivity contribution >= 4 is 38.4 Å². The van der Waals surface area contributed by atoms with Crippen LogP contribution in [0.4, 0.5) is 5.82 Å². The van der Waals surface area contributed by atoms with Gasteiger partial charge < -0.3 is 29.4 Å². The summed E-state index contributed by atoms with van der Waals surface area (Å²) in [5, 5.41) is 5.29. The highest BCUT2D eigenvalue weighted by atomic mass is 32.3. The molecular formula is C36H41N5O5S. The minimum atomic E-state index is -0.742. The van der Waals surface area contributed by atoms with Crippen LogP contribution in [0.2, 0.25) is 0 Å². The number of ketones is 1. The number of carbonyl (C=O) groups excluding carboxylic acids is 2. The molecular weight excluding hydrogens is 614 g/mol. The minimum absolute atomic E-state index is 0.0543. The number of hydrogen-bond acceptors (Lipinski definition) is 7. The largest absolute Gasteiger partial charge is 0.457 e. The molecule has 3 aromatic carbocycles. The van der Waals surface area contributed by atoms with E-state index in [9.17, 15) is 9.59 Å². The third kappa shape index (κ3) is 7.22. The van der Waals surface area contributed by atoms with Crippen molar-refractivity contribution < 1.29 is 23.8 Å². The summed E-state index contributed by atoms with van der Waals surface area (Å²) in [5.41, 5.74) is 10.3. The van der Waals surface area contributed by atoms with E-state index in [1.54, 1.807) is 9.58 Å². The topological polar surface area (TPSA) is 114 Å². The first-order chi connectivity index (χ1) is 22.6. The number of para-hydroxylation sites is 1. The molecule has 0 aliphatic carbocycles. The van der Waals surface area contributed by atoms with E-state index in [0.717, 1.165) is 33.7 Å². The molecule has 0 unspecified atom stereocenters. The number of nitrogens with two attached hydrogens (primary N) is 1. The van der Waals surface area contributed by atoms with Crippen molar-refractivity contribution in [1.29, 1.82) is 0 Å². The van der Waals surface area contributed by atoms with Crippen LogP contribution in [0.25, 0.3) is 16.6 Å². The zero-order chi connectivity index (χ0) is 33.1. The fourth-order valence-electron chi connectivity index (χ4n) is 5.56. The Kier molecular flexibility index (Phi) is 9.40. The molecule has 0 radical (unpaired) electrons. The second kappa shape index (κ2) is 13.6. The molecule has 2 aromatic heterocycles. The van der Waals surface area contributed by atoms with Gasteiger partial charge in [0.25, 0.3) is 5.91 Å². The number of hydrogen-bond donors (Lipinski definition) is 1. The number of rotatable bonds is 11. The molecule has 3 heterocycles. The smallest absolute Gasteiger partial charge is 0.254 e. The van der Waals surface area contributed by atoms with Gasteiger partial charge in [0.15, 0.2) is 0 Å². The van der Waals surface area contributed by atoms with E-state index in [-0.39, 0.29) is 29.8 Å². The maximum Gasteiger partial charge on any atom is 0.254 e. The second-order valence-corrected chi connectivity index (χ2v) is 17.1. The molecule has 1 amide bonds. The maximum atomic E-state index is 14.2. The molecule has 1 fully saturated rings. The Balaban J connectivity index is 1.30. The lowest BCUT2D eigenvalue weighted by atomic mass is 10.1. The van der Waals surface area contributed by atoms with Gasteiger partial charge in [0.2, 0.25) is 5.78 Å². The van der Waals surface area contributed by atoms with Crippen molar-refractivity contribution in [2.24, 2.45) is 0 Å². The molecule has 0 bridgehead atoms. The molecule has 5 aromatic rings. The average molecular weight is 656 g/mol. The summed E-state index contributed by atoms with van der Waals surface area (Å²) < 4.78 is 20.9. The number of nitrogen functional groups attached to an aromatic ring is 1. The van der Waals surface area contributed by atoms with Gasteiger partial charge in [-0.1, -0.05) is 18.2 Å². The summed E-state index contributed by atoms with van der Waals surface area (Å²) in [6.45, 7) is 4.86. The van der Waals surface area contributed by atoms with Gasteiger partial charge >= 0.3 is 0 Å². The molecule has 47 heavy (non-hydrogen) atoms. The zero-order valence-electron chi connectivity index (χ0n) is 27.3. The highest BCUT2D eigenvalue weighted by molar-refractivity contribution is 8.32. The molecule has 11 heteroatoms. The third-order valence-corrected chi connectivity index (χ3v) is 9.56. The van der Waals surface area contributed by atoms with E-state index in [0.29, 0.717) is 49.9 Å². The number of anilines is 1. The Morgan fingerprint density at radius 3 is 2.45 bits per heavy atom. The van der Waals surface area contributed by atoms with Crippen LogP contribution in [0, 0.1) is 6.92 Å². The molecule has 0 spiro atoms. The van der Waals surface area contributed by atoms with Gasteiger partial charge in [0.1, 0.15) is 24.0 Å². The maximum absolute atomic E-state index is 14.2. The summed E-state index contributed by atoms with van der Waals surface area (Å²) in [6, 6.07) is 22.5. The summed E-state index contributed by atoms with van der Waals surface area (Å²) in [7, 11) is -0.742. The SMILES string of the molecule is Cc1cc(Oc2ccccc2)ccc1-n1ncc(C(=O)c2cc3cc(C(=O)N4CCOCC4)ccc3n2COCCS(C)(C)C)c1N. The number of aryl methyl sites for hydroxylation is 1. The molecule has 246 valence electrons. The van der Waals surface area contributed by atoms with E-state index in [1.165, 1.54) is 6.20 Å². The quantitative estimate of drug-likeness (QED) is 0.140. The standard InChI is InChI=1S/C36H41N5O5S/c1-25-20-29(46-28-8-6-5-7-9-28)11-13-31(25)41-35(37)30(23-38-41)34(42)33-22-27-21-26(36(43)39-14-16-44-17-15-39)10-12-32(27)40(33)24-45-18-19-47(2,3)4/h5-13,20-23H,14-19,24,37H2,1-4H3. The third-order valence-electron chi connectivity index (χ3n) is 8.17. The van der Waals surface area contributed by atoms with Crippen LogP contribution in [-0.4, -0.2) is 88.4 Å². The van der Waals surface area contributed by atoms with Gasteiger partial charge in [-0.05, 0) is 85.9 Å². The fourth-order valence-corrected chi connectivity index (χ4v) is 6.18. The predicted octanol–water partition coefficient (Wildman–Crippen LogP) is 5.88. The lowest BCUT2D eigenvalue weighted by Gasteiger charge is -2.26. The monoisotopic (exact) mass is 655 g/mol. The van der Waals surface area contributed by atoms with Crippen molar-refractivity contribution in [3.05, 3.63) is 101 Å². The molecule has 2 N–H and O–H groups in total. The fraction of sp³-hybridized carbons (Fsp3) is 0.306. The van der Waals surface area contributed by atoms with Gasteiger partial charge in [0, 0.05) is 29.8 Å². The number of fused-ring (bicyclic) bond motifs is 1. The first kappa shape index (κ1) is 32.4. The van der Waals surface area contributed by atoms with Gasteiger partial charge in [-0.15, -0.1) is 0 Å². The Morgan fingerprint density at radius 2 is 1.72 bits per heavy atom. The van der Waals surface area contributed by atoms with E-state index < -0.39 is 10.0 Å². The van der Waals surface area contributed by atoms with E-state index in [2.05, 4.69) is 23.9 Å². The van der Waals surface area contributed by atoms with Crippen molar-refractivity contribution in [1.82, 2.24) is 19.2 Å². The summed E-state index contributed by atoms with van der Waals surface area (Å²) in [6.07, 6.45) is 8.24. The van der Waals surface area contributed by atoms with Crippen molar-refractivity contribution in [3.8, 4) is 17.2 Å². The van der Waals surface area contributed by atoms with Crippen LogP contribution < -0.4 is 10.5 Å². The Bertz CT molecular complexity index is 1900. The van der Waals surface area contributed by atoms with E-state index >= 15 is 0 Å². The molecule has 0 saturated carbocycles. The first-order valence-electron chi connectivity index (χ1n) is 15.6. The number of morpholine rings is 1. The van der Waals surface area contributed by atoms with E-state index in [4.69, 9.17) is 19.9 Å². The number of carbonyl (C=O) groups is 2. The van der Waals surface area contributed by atoms with E-state index in [1.807, 2.05) is 84.3 Å². The van der Waals surface area contributed by atoms with Crippen LogP contribution in [-0.2, 0) is 16.2 Å². The highest BCUT2D eigenvalue weighted by Gasteiger charge is 2.25. The van der Waals surface area contributed by atoms with Crippen LogP contribution in [0.5, 0.6) is 11.5 Å². The lowest BCUT2D eigenvalue weighted by Crippen LogP contribution is -2.40. The van der Waals surface area contributed by atoms with Crippen molar-refractivity contribution in [2.75, 3.05) is 63.2 Å². The normalized spacial score (nSPS) is 14.0. The van der Waals surface area contributed by atoms with Crippen LogP contribution in [0.15, 0.2) is 79.0 Å².